The summed E-state index contributed by atoms with van der Waals surface area (Å²) in [5.74, 6) is 0.109. The summed E-state index contributed by atoms with van der Waals surface area (Å²) in [6.07, 6.45) is -2.95. The maximum atomic E-state index is 12.8. The van der Waals surface area contributed by atoms with Crippen LogP contribution in [0.15, 0.2) is 30.5 Å². The molecule has 0 aliphatic rings. The first-order chi connectivity index (χ1) is 9.43. The van der Waals surface area contributed by atoms with E-state index in [1.165, 1.54) is 24.4 Å². The summed E-state index contributed by atoms with van der Waals surface area (Å²) in [4.78, 5) is 3.91. The normalized spacial score (nSPS) is 11.6. The standard InChI is InChI=1S/C13H14F3N3O/c1-2-19-9(7-18-12(19)17)8-20-11-6-4-3-5-10(11)13(14,15)16/h3-7H,2,8H2,1H3,(H2,17,18). The summed E-state index contributed by atoms with van der Waals surface area (Å²) in [7, 11) is 0. The zero-order valence-corrected chi connectivity index (χ0v) is 10.8. The van der Waals surface area contributed by atoms with Crippen molar-refractivity contribution in [2.24, 2.45) is 0 Å². The van der Waals surface area contributed by atoms with Crippen molar-refractivity contribution in [1.29, 1.82) is 0 Å². The summed E-state index contributed by atoms with van der Waals surface area (Å²) in [6.45, 7) is 2.42. The quantitative estimate of drug-likeness (QED) is 0.939. The zero-order valence-electron chi connectivity index (χ0n) is 10.8. The van der Waals surface area contributed by atoms with Gasteiger partial charge in [-0.25, -0.2) is 4.98 Å². The van der Waals surface area contributed by atoms with Crippen LogP contribution in [-0.2, 0) is 19.3 Å². The van der Waals surface area contributed by atoms with E-state index in [0.717, 1.165) is 6.07 Å². The highest BCUT2D eigenvalue weighted by Gasteiger charge is 2.34. The Labute approximate surface area is 114 Å². The van der Waals surface area contributed by atoms with Crippen LogP contribution in [0.3, 0.4) is 0 Å². The second kappa shape index (κ2) is 5.44. The van der Waals surface area contributed by atoms with Gasteiger partial charge in [-0.3, -0.25) is 0 Å². The van der Waals surface area contributed by atoms with E-state index in [1.54, 1.807) is 4.57 Å². The van der Waals surface area contributed by atoms with Crippen LogP contribution >= 0.6 is 0 Å². The summed E-state index contributed by atoms with van der Waals surface area (Å²) < 4.78 is 45.4. The molecular weight excluding hydrogens is 271 g/mol. The Morgan fingerprint density at radius 2 is 2.00 bits per heavy atom. The van der Waals surface area contributed by atoms with Gasteiger partial charge in [0.15, 0.2) is 5.95 Å². The predicted octanol–water partition coefficient (Wildman–Crippen LogP) is 3.08. The number of alkyl halides is 3. The molecule has 108 valence electrons. The molecule has 0 spiro atoms. The molecule has 0 saturated carbocycles. The van der Waals surface area contributed by atoms with Crippen LogP contribution in [-0.4, -0.2) is 9.55 Å². The van der Waals surface area contributed by atoms with E-state index in [2.05, 4.69) is 4.98 Å². The Balaban J connectivity index is 2.19. The van der Waals surface area contributed by atoms with E-state index < -0.39 is 11.7 Å². The van der Waals surface area contributed by atoms with E-state index in [9.17, 15) is 13.2 Å². The van der Waals surface area contributed by atoms with Crippen LogP contribution < -0.4 is 10.5 Å². The van der Waals surface area contributed by atoms with Gasteiger partial charge in [-0.15, -0.1) is 0 Å². The molecular formula is C13H14F3N3O. The summed E-state index contributed by atoms with van der Waals surface area (Å²) in [6, 6.07) is 5.10. The number of nitrogens with two attached hydrogens (primary N) is 1. The topological polar surface area (TPSA) is 53.1 Å². The van der Waals surface area contributed by atoms with Crippen molar-refractivity contribution >= 4 is 5.95 Å². The molecule has 0 fully saturated rings. The van der Waals surface area contributed by atoms with Crippen molar-refractivity contribution in [1.82, 2.24) is 9.55 Å². The number of hydrogen-bond acceptors (Lipinski definition) is 3. The molecule has 0 radical (unpaired) electrons. The summed E-state index contributed by atoms with van der Waals surface area (Å²) in [5.41, 5.74) is 5.47. The van der Waals surface area contributed by atoms with Gasteiger partial charge in [-0.05, 0) is 19.1 Å². The lowest BCUT2D eigenvalue weighted by molar-refractivity contribution is -0.139. The van der Waals surface area contributed by atoms with Gasteiger partial charge in [0.1, 0.15) is 12.4 Å². The highest BCUT2D eigenvalue weighted by molar-refractivity contribution is 5.35. The molecule has 0 saturated heterocycles. The molecule has 4 nitrogen and oxygen atoms in total. The van der Waals surface area contributed by atoms with Crippen molar-refractivity contribution in [3.05, 3.63) is 41.7 Å². The number of halogens is 3. The Hall–Kier alpha value is -2.18. The second-order valence-corrected chi connectivity index (χ2v) is 4.13. The van der Waals surface area contributed by atoms with Gasteiger partial charge < -0.3 is 15.0 Å². The molecule has 2 rings (SSSR count). The number of nitrogen functional groups attached to an aromatic ring is 1. The lowest BCUT2D eigenvalue weighted by atomic mass is 10.2. The Kier molecular flexibility index (Phi) is 3.87. The molecule has 0 bridgehead atoms. The minimum Gasteiger partial charge on any atom is -0.487 e. The van der Waals surface area contributed by atoms with Crippen LogP contribution in [0.25, 0.3) is 0 Å². The van der Waals surface area contributed by atoms with E-state index in [0.29, 0.717) is 18.2 Å². The first-order valence-corrected chi connectivity index (χ1v) is 6.02. The third-order valence-corrected chi connectivity index (χ3v) is 2.85. The molecule has 20 heavy (non-hydrogen) atoms. The van der Waals surface area contributed by atoms with Gasteiger partial charge in [-0.2, -0.15) is 13.2 Å². The lowest BCUT2D eigenvalue weighted by Gasteiger charge is -2.14. The summed E-state index contributed by atoms with van der Waals surface area (Å²) in [5, 5.41) is 0. The predicted molar refractivity (Wildman–Crippen MR) is 68.1 cm³/mol. The molecule has 1 aromatic carbocycles. The van der Waals surface area contributed by atoms with Gasteiger partial charge in [0.2, 0.25) is 0 Å². The van der Waals surface area contributed by atoms with Gasteiger partial charge in [0, 0.05) is 6.54 Å². The molecule has 0 aliphatic heterocycles. The average Bonchev–Trinajstić information content (AvgIpc) is 2.76. The molecule has 0 unspecified atom stereocenters. The zero-order chi connectivity index (χ0) is 14.8. The van der Waals surface area contributed by atoms with Crippen LogP contribution in [0.1, 0.15) is 18.2 Å². The van der Waals surface area contributed by atoms with Gasteiger partial charge in [0.25, 0.3) is 0 Å². The van der Waals surface area contributed by atoms with Crippen molar-refractivity contribution in [3.8, 4) is 5.75 Å². The highest BCUT2D eigenvalue weighted by atomic mass is 19.4. The third kappa shape index (κ3) is 2.87. The number of nitrogens with zero attached hydrogens (tertiary/aromatic N) is 2. The number of hydrogen-bond donors (Lipinski definition) is 1. The smallest absolute Gasteiger partial charge is 0.419 e. The maximum absolute atomic E-state index is 12.8. The van der Waals surface area contributed by atoms with E-state index >= 15 is 0 Å². The molecule has 0 aliphatic carbocycles. The SMILES string of the molecule is CCn1c(COc2ccccc2C(F)(F)F)cnc1N. The van der Waals surface area contributed by atoms with Gasteiger partial charge in [-0.1, -0.05) is 12.1 Å². The van der Waals surface area contributed by atoms with Gasteiger partial charge >= 0.3 is 6.18 Å². The molecule has 1 aromatic heterocycles. The number of anilines is 1. The molecule has 7 heteroatoms. The van der Waals surface area contributed by atoms with E-state index in [1.807, 2.05) is 6.92 Å². The van der Waals surface area contributed by atoms with Crippen molar-refractivity contribution in [3.63, 3.8) is 0 Å². The molecule has 1 heterocycles. The van der Waals surface area contributed by atoms with Crippen molar-refractivity contribution in [2.75, 3.05) is 5.73 Å². The molecule has 2 N–H and O–H groups in total. The fraction of sp³-hybridized carbons (Fsp3) is 0.308. The summed E-state index contributed by atoms with van der Waals surface area (Å²) >= 11 is 0. The lowest BCUT2D eigenvalue weighted by Crippen LogP contribution is -2.11. The minimum atomic E-state index is -4.44. The van der Waals surface area contributed by atoms with Crippen LogP contribution in [0.2, 0.25) is 0 Å². The highest BCUT2D eigenvalue weighted by Crippen LogP contribution is 2.36. The second-order valence-electron chi connectivity index (χ2n) is 4.13. The number of imidazole rings is 1. The molecule has 0 amide bonds. The number of rotatable bonds is 4. The Bertz CT molecular complexity index is 593. The van der Waals surface area contributed by atoms with Crippen LogP contribution in [0, 0.1) is 0 Å². The van der Waals surface area contributed by atoms with Crippen LogP contribution in [0.5, 0.6) is 5.75 Å². The van der Waals surface area contributed by atoms with E-state index in [-0.39, 0.29) is 12.4 Å². The Morgan fingerprint density at radius 1 is 1.30 bits per heavy atom. The minimum absolute atomic E-state index is 0.0227. The average molecular weight is 285 g/mol. The number of benzene rings is 1. The van der Waals surface area contributed by atoms with Gasteiger partial charge in [0.05, 0.1) is 17.5 Å². The number of aromatic nitrogens is 2. The Morgan fingerprint density at radius 3 is 2.65 bits per heavy atom. The molecule has 2 aromatic rings. The number of para-hydroxylation sites is 1. The first kappa shape index (κ1) is 14.2. The van der Waals surface area contributed by atoms with Crippen molar-refractivity contribution < 1.29 is 17.9 Å². The first-order valence-electron chi connectivity index (χ1n) is 6.02. The molecule has 0 atom stereocenters. The third-order valence-electron chi connectivity index (χ3n) is 2.85. The van der Waals surface area contributed by atoms with Crippen molar-refractivity contribution in [2.45, 2.75) is 26.3 Å². The number of ether oxygens (including phenoxy) is 1. The van der Waals surface area contributed by atoms with Crippen LogP contribution in [0.4, 0.5) is 19.1 Å². The fourth-order valence-electron chi connectivity index (χ4n) is 1.89. The fourth-order valence-corrected chi connectivity index (χ4v) is 1.89. The van der Waals surface area contributed by atoms with E-state index in [4.69, 9.17) is 10.5 Å². The monoisotopic (exact) mass is 285 g/mol. The maximum Gasteiger partial charge on any atom is 0.419 e. The largest absolute Gasteiger partial charge is 0.487 e.